The van der Waals surface area contributed by atoms with Crippen molar-refractivity contribution in [3.05, 3.63) is 64.2 Å². The van der Waals surface area contributed by atoms with Crippen molar-refractivity contribution in [3.8, 4) is 6.07 Å². The van der Waals surface area contributed by atoms with Gasteiger partial charge in [-0.1, -0.05) is 19.1 Å². The number of esters is 1. The Kier molecular flexibility index (Phi) is 8.14. The minimum absolute atomic E-state index is 0.169. The summed E-state index contributed by atoms with van der Waals surface area (Å²) in [6.45, 7) is 8.45. The van der Waals surface area contributed by atoms with Crippen LogP contribution in [-0.4, -0.2) is 34.5 Å². The summed E-state index contributed by atoms with van der Waals surface area (Å²) in [5.74, 6) is -1.70. The van der Waals surface area contributed by atoms with E-state index in [0.29, 0.717) is 5.56 Å². The Balaban J connectivity index is 2.09. The Bertz CT molecular complexity index is 1030. The molecule has 0 saturated heterocycles. The number of aromatic nitrogens is 1. The Labute approximate surface area is 182 Å². The molecular weight excluding hydrogens is 397 g/mol. The monoisotopic (exact) mass is 425 g/mol. The standard InChI is InChI=1S/C24H28FN3O3/c1-6-10-28-16(2)11-20(17(28)3)13-21(14-26)24(30)31-18(4)23(29)27(5)15-19-8-7-9-22(25)12-19/h7-9,11-13,18H,6,10,15H2,1-5H3/b21-13+. The fourth-order valence-corrected chi connectivity index (χ4v) is 3.41. The van der Waals surface area contributed by atoms with Gasteiger partial charge >= 0.3 is 5.97 Å². The minimum Gasteiger partial charge on any atom is -0.448 e. The van der Waals surface area contributed by atoms with Gasteiger partial charge in [0, 0.05) is 31.5 Å². The van der Waals surface area contributed by atoms with Gasteiger partial charge in [-0.05, 0) is 62.6 Å². The molecule has 2 rings (SSSR count). The molecule has 31 heavy (non-hydrogen) atoms. The van der Waals surface area contributed by atoms with Crippen LogP contribution in [-0.2, 0) is 27.4 Å². The summed E-state index contributed by atoms with van der Waals surface area (Å²) in [6, 6.07) is 9.71. The zero-order valence-corrected chi connectivity index (χ0v) is 18.6. The van der Waals surface area contributed by atoms with Crippen molar-refractivity contribution in [1.29, 1.82) is 5.26 Å². The molecule has 0 fully saturated rings. The van der Waals surface area contributed by atoms with Crippen molar-refractivity contribution in [1.82, 2.24) is 9.47 Å². The number of carbonyl (C=O) groups is 2. The largest absolute Gasteiger partial charge is 0.448 e. The Hall–Kier alpha value is -3.40. The van der Waals surface area contributed by atoms with Crippen molar-refractivity contribution in [2.75, 3.05) is 7.05 Å². The number of likely N-dealkylation sites (N-methyl/N-ethyl adjacent to an activating group) is 1. The first-order valence-electron chi connectivity index (χ1n) is 10.2. The second kappa shape index (κ2) is 10.6. The Morgan fingerprint density at radius 3 is 2.65 bits per heavy atom. The van der Waals surface area contributed by atoms with E-state index in [9.17, 15) is 19.2 Å². The fourth-order valence-electron chi connectivity index (χ4n) is 3.41. The van der Waals surface area contributed by atoms with Gasteiger partial charge in [0.2, 0.25) is 0 Å². The molecule has 7 heteroatoms. The number of halogens is 1. The van der Waals surface area contributed by atoms with Gasteiger partial charge in [-0.15, -0.1) is 0 Å². The van der Waals surface area contributed by atoms with Gasteiger partial charge in [0.05, 0.1) is 0 Å². The summed E-state index contributed by atoms with van der Waals surface area (Å²) in [5.41, 5.74) is 3.21. The molecule has 1 unspecified atom stereocenters. The summed E-state index contributed by atoms with van der Waals surface area (Å²) in [6.07, 6.45) is 1.37. The Morgan fingerprint density at radius 1 is 1.32 bits per heavy atom. The second-order valence-corrected chi connectivity index (χ2v) is 7.52. The highest BCUT2D eigenvalue weighted by Crippen LogP contribution is 2.19. The molecule has 0 N–H and O–H groups in total. The summed E-state index contributed by atoms with van der Waals surface area (Å²) in [4.78, 5) is 26.4. The number of amides is 1. The predicted octanol–water partition coefficient (Wildman–Crippen LogP) is 4.15. The molecule has 2 aromatic rings. The number of benzene rings is 1. The molecule has 1 aromatic heterocycles. The normalized spacial score (nSPS) is 12.2. The Morgan fingerprint density at radius 2 is 2.03 bits per heavy atom. The molecule has 1 amide bonds. The highest BCUT2D eigenvalue weighted by atomic mass is 19.1. The van der Waals surface area contributed by atoms with E-state index in [4.69, 9.17) is 4.74 Å². The van der Waals surface area contributed by atoms with Crippen molar-refractivity contribution in [3.63, 3.8) is 0 Å². The van der Waals surface area contributed by atoms with Gasteiger partial charge in [0.1, 0.15) is 17.5 Å². The van der Waals surface area contributed by atoms with Gasteiger partial charge < -0.3 is 14.2 Å². The number of rotatable bonds is 8. The van der Waals surface area contributed by atoms with Gasteiger partial charge in [0.15, 0.2) is 6.10 Å². The highest BCUT2D eigenvalue weighted by Gasteiger charge is 2.24. The van der Waals surface area contributed by atoms with Gasteiger partial charge in [-0.3, -0.25) is 4.79 Å². The van der Waals surface area contributed by atoms with E-state index in [-0.39, 0.29) is 17.9 Å². The molecule has 1 aromatic carbocycles. The fraction of sp³-hybridized carbons (Fsp3) is 0.375. The molecule has 0 aliphatic rings. The predicted molar refractivity (Wildman–Crippen MR) is 116 cm³/mol. The van der Waals surface area contributed by atoms with E-state index in [1.54, 1.807) is 19.2 Å². The topological polar surface area (TPSA) is 75.3 Å². The van der Waals surface area contributed by atoms with Crippen molar-refractivity contribution in [2.24, 2.45) is 0 Å². The minimum atomic E-state index is -1.09. The van der Waals surface area contributed by atoms with Gasteiger partial charge in [-0.2, -0.15) is 5.26 Å². The van der Waals surface area contributed by atoms with Crippen LogP contribution in [0, 0.1) is 31.0 Å². The number of aryl methyl sites for hydroxylation is 1. The van der Waals surface area contributed by atoms with Crippen LogP contribution in [0.2, 0.25) is 0 Å². The van der Waals surface area contributed by atoms with Crippen LogP contribution in [0.25, 0.3) is 6.08 Å². The molecular formula is C24H28FN3O3. The maximum atomic E-state index is 13.3. The average Bonchev–Trinajstić information content (AvgIpc) is 2.98. The molecule has 1 atom stereocenters. The van der Waals surface area contributed by atoms with Gasteiger partial charge in [-0.25, -0.2) is 9.18 Å². The quantitative estimate of drug-likeness (QED) is 0.362. The molecule has 0 saturated carbocycles. The molecule has 164 valence electrons. The average molecular weight is 426 g/mol. The number of hydrogen-bond donors (Lipinski definition) is 0. The summed E-state index contributed by atoms with van der Waals surface area (Å²) < 4.78 is 20.7. The van der Waals surface area contributed by atoms with Crippen LogP contribution in [0.5, 0.6) is 0 Å². The summed E-state index contributed by atoms with van der Waals surface area (Å²) >= 11 is 0. The second-order valence-electron chi connectivity index (χ2n) is 7.52. The number of hydrogen-bond acceptors (Lipinski definition) is 4. The van der Waals surface area contributed by atoms with Crippen LogP contribution < -0.4 is 0 Å². The SMILES string of the molecule is CCCn1c(C)cc(/C=C(\C#N)C(=O)OC(C)C(=O)N(C)Cc2cccc(F)c2)c1C. The number of carbonyl (C=O) groups excluding carboxylic acids is 2. The van der Waals surface area contributed by atoms with E-state index in [2.05, 4.69) is 11.5 Å². The number of nitrogens with zero attached hydrogens (tertiary/aromatic N) is 3. The molecule has 0 aliphatic carbocycles. The van der Waals surface area contributed by atoms with Gasteiger partial charge in [0.25, 0.3) is 5.91 Å². The smallest absolute Gasteiger partial charge is 0.349 e. The summed E-state index contributed by atoms with van der Waals surface area (Å²) in [5, 5.41) is 9.45. The van der Waals surface area contributed by atoms with Crippen molar-refractivity contribution < 1.29 is 18.7 Å². The lowest BCUT2D eigenvalue weighted by molar-refractivity contribution is -0.155. The highest BCUT2D eigenvalue weighted by molar-refractivity contribution is 5.99. The molecule has 6 nitrogen and oxygen atoms in total. The van der Waals surface area contributed by atoms with E-state index < -0.39 is 18.0 Å². The maximum Gasteiger partial charge on any atom is 0.349 e. The molecule has 0 aliphatic heterocycles. The lowest BCUT2D eigenvalue weighted by Gasteiger charge is -2.21. The van der Waals surface area contributed by atoms with Crippen molar-refractivity contribution in [2.45, 2.75) is 53.3 Å². The first-order chi connectivity index (χ1) is 14.7. The van der Waals surface area contributed by atoms with Crippen LogP contribution in [0.3, 0.4) is 0 Å². The summed E-state index contributed by atoms with van der Waals surface area (Å²) in [7, 11) is 1.54. The number of nitriles is 1. The molecule has 0 spiro atoms. The molecule has 1 heterocycles. The maximum absolute atomic E-state index is 13.3. The number of ether oxygens (including phenoxy) is 1. The lowest BCUT2D eigenvalue weighted by atomic mass is 10.1. The van der Waals surface area contributed by atoms with E-state index in [1.807, 2.05) is 26.0 Å². The third kappa shape index (κ3) is 6.05. The molecule has 0 radical (unpaired) electrons. The van der Waals surface area contributed by atoms with E-state index in [1.165, 1.54) is 30.0 Å². The van der Waals surface area contributed by atoms with Crippen LogP contribution in [0.4, 0.5) is 4.39 Å². The van der Waals surface area contributed by atoms with E-state index in [0.717, 1.165) is 29.9 Å². The van der Waals surface area contributed by atoms with Crippen LogP contribution in [0.1, 0.15) is 42.8 Å². The van der Waals surface area contributed by atoms with Crippen LogP contribution in [0.15, 0.2) is 35.9 Å². The zero-order chi connectivity index (χ0) is 23.1. The molecule has 0 bridgehead atoms. The third-order valence-electron chi connectivity index (χ3n) is 5.02. The van der Waals surface area contributed by atoms with Crippen molar-refractivity contribution >= 4 is 18.0 Å². The first kappa shape index (κ1) is 23.9. The first-order valence-corrected chi connectivity index (χ1v) is 10.2. The lowest BCUT2D eigenvalue weighted by Crippen LogP contribution is -2.37. The zero-order valence-electron chi connectivity index (χ0n) is 18.6. The van der Waals surface area contributed by atoms with E-state index >= 15 is 0 Å². The van der Waals surface area contributed by atoms with Crippen LogP contribution >= 0.6 is 0 Å². The third-order valence-corrected chi connectivity index (χ3v) is 5.02.